The van der Waals surface area contributed by atoms with Crippen molar-refractivity contribution in [2.75, 3.05) is 53.4 Å². The van der Waals surface area contributed by atoms with Crippen molar-refractivity contribution in [3.05, 3.63) is 65.1 Å². The van der Waals surface area contributed by atoms with Gasteiger partial charge < -0.3 is 23.9 Å². The van der Waals surface area contributed by atoms with Gasteiger partial charge in [0.25, 0.3) is 11.8 Å². The molecule has 0 saturated carbocycles. The number of allylic oxidation sites excluding steroid dienone is 1. The summed E-state index contributed by atoms with van der Waals surface area (Å²) < 4.78 is 11.7. The van der Waals surface area contributed by atoms with E-state index in [4.69, 9.17) is 14.1 Å². The van der Waals surface area contributed by atoms with Gasteiger partial charge in [0.2, 0.25) is 6.41 Å². The van der Waals surface area contributed by atoms with Crippen LogP contribution in [0.25, 0.3) is 16.8 Å². The molecule has 0 bridgehead atoms. The predicted octanol–water partition coefficient (Wildman–Crippen LogP) is 2.96. The third-order valence-electron chi connectivity index (χ3n) is 8.50. The molecule has 11 heteroatoms. The number of hydrogen-bond acceptors (Lipinski definition) is 9. The maximum atomic E-state index is 13.5. The van der Waals surface area contributed by atoms with E-state index >= 15 is 0 Å². The largest absolute Gasteiger partial charge is 0.497 e. The smallest absolute Gasteiger partial charge is 0.256 e. The first-order valence-corrected chi connectivity index (χ1v) is 14.8. The molecule has 0 unspecified atom stereocenters. The Morgan fingerprint density at radius 2 is 1.95 bits per heavy atom. The third-order valence-corrected chi connectivity index (χ3v) is 8.50. The number of nitrogens with zero attached hydrogens (tertiary/aromatic N) is 4. The average molecular weight is 589 g/mol. The number of imide groups is 1. The fourth-order valence-corrected chi connectivity index (χ4v) is 5.92. The van der Waals surface area contributed by atoms with E-state index in [1.165, 1.54) is 0 Å². The first-order chi connectivity index (χ1) is 20.9. The highest BCUT2D eigenvalue weighted by Crippen LogP contribution is 2.34. The maximum Gasteiger partial charge on any atom is 0.256 e. The fraction of sp³-hybridized carbons (Fsp3) is 0.438. The molecule has 228 valence electrons. The monoisotopic (exact) mass is 588 g/mol. The Morgan fingerprint density at radius 1 is 1.16 bits per heavy atom. The van der Waals surface area contributed by atoms with Crippen LogP contribution in [0.1, 0.15) is 53.9 Å². The van der Waals surface area contributed by atoms with E-state index in [1.54, 1.807) is 37.3 Å². The summed E-state index contributed by atoms with van der Waals surface area (Å²) in [6.07, 6.45) is 6.41. The number of rotatable bonds is 12. The molecule has 0 aliphatic carbocycles. The van der Waals surface area contributed by atoms with Crippen LogP contribution in [-0.2, 0) is 21.7 Å². The lowest BCUT2D eigenvalue weighted by molar-refractivity contribution is -0.132. The van der Waals surface area contributed by atoms with Gasteiger partial charge in [-0.3, -0.25) is 30.0 Å². The summed E-state index contributed by atoms with van der Waals surface area (Å²) in [4.78, 5) is 49.5. The van der Waals surface area contributed by atoms with E-state index in [2.05, 4.69) is 40.4 Å². The number of nitrogens with one attached hydrogen (secondary N) is 2. The summed E-state index contributed by atoms with van der Waals surface area (Å²) in [5.41, 5.74) is 2.94. The second-order valence-electron chi connectivity index (χ2n) is 10.9. The number of carbonyl (C=O) groups is 3. The van der Waals surface area contributed by atoms with Crippen LogP contribution in [0.2, 0.25) is 0 Å². The molecule has 43 heavy (non-hydrogen) atoms. The lowest BCUT2D eigenvalue weighted by atomic mass is 9.94. The van der Waals surface area contributed by atoms with Crippen LogP contribution in [0.4, 0.5) is 0 Å². The van der Waals surface area contributed by atoms with Crippen LogP contribution in [0.3, 0.4) is 0 Å². The molecule has 2 aliphatic heterocycles. The van der Waals surface area contributed by atoms with Crippen molar-refractivity contribution in [2.24, 2.45) is 0 Å². The summed E-state index contributed by atoms with van der Waals surface area (Å²) in [5.74, 6) is -0.0435. The van der Waals surface area contributed by atoms with Crippen LogP contribution in [0.15, 0.2) is 47.0 Å². The fourth-order valence-electron chi connectivity index (χ4n) is 5.92. The number of unbranched alkanes of at least 4 members (excludes halogenated alkanes) is 1. The van der Waals surface area contributed by atoms with Crippen molar-refractivity contribution in [1.82, 2.24) is 30.3 Å². The van der Waals surface area contributed by atoms with E-state index < -0.39 is 11.4 Å². The molecular formula is C32H40N6O5. The molecule has 4 heterocycles. The van der Waals surface area contributed by atoms with Crippen molar-refractivity contribution in [3.8, 4) is 5.75 Å². The van der Waals surface area contributed by atoms with E-state index in [0.29, 0.717) is 35.4 Å². The van der Waals surface area contributed by atoms with Gasteiger partial charge >= 0.3 is 0 Å². The maximum absolute atomic E-state index is 13.5. The highest BCUT2D eigenvalue weighted by molar-refractivity contribution is 6.00. The highest BCUT2D eigenvalue weighted by atomic mass is 16.5. The van der Waals surface area contributed by atoms with Crippen LogP contribution in [0, 0.1) is 0 Å². The van der Waals surface area contributed by atoms with Crippen molar-refractivity contribution in [3.63, 3.8) is 0 Å². The van der Waals surface area contributed by atoms with Gasteiger partial charge in [0.1, 0.15) is 17.0 Å². The molecule has 0 spiro atoms. The molecule has 2 aliphatic rings. The molecule has 1 saturated heterocycles. The molecule has 2 aromatic heterocycles. The number of benzene rings is 1. The molecular weight excluding hydrogens is 548 g/mol. The molecule has 11 nitrogen and oxygen atoms in total. The zero-order valence-corrected chi connectivity index (χ0v) is 25.3. The molecule has 1 atom stereocenters. The number of pyridine rings is 1. The average Bonchev–Trinajstić information content (AvgIpc) is 3.60. The zero-order chi connectivity index (χ0) is 30.6. The van der Waals surface area contributed by atoms with E-state index in [9.17, 15) is 14.4 Å². The topological polar surface area (TPSA) is 120 Å². The van der Waals surface area contributed by atoms with Gasteiger partial charge in [-0.2, -0.15) is 0 Å². The molecule has 2 N–H and O–H groups in total. The van der Waals surface area contributed by atoms with Crippen molar-refractivity contribution < 1.29 is 23.5 Å². The summed E-state index contributed by atoms with van der Waals surface area (Å²) in [7, 11) is 3.15. The van der Waals surface area contributed by atoms with Gasteiger partial charge in [-0.1, -0.05) is 32.4 Å². The lowest BCUT2D eigenvalue weighted by Crippen LogP contribution is -2.58. The number of hydrogen-bond donors (Lipinski definition) is 2. The second-order valence-corrected chi connectivity index (χ2v) is 10.9. The number of likely N-dealkylation sites (N-methyl/N-ethyl adjacent to an activating group) is 2. The van der Waals surface area contributed by atoms with Crippen LogP contribution in [0.5, 0.6) is 5.75 Å². The van der Waals surface area contributed by atoms with Crippen LogP contribution >= 0.6 is 0 Å². The number of piperazine rings is 1. The van der Waals surface area contributed by atoms with Crippen LogP contribution < -0.4 is 15.4 Å². The quantitative estimate of drug-likeness (QED) is 0.308. The summed E-state index contributed by atoms with van der Waals surface area (Å²) in [6.45, 7) is 9.47. The Balaban J connectivity index is 1.49. The number of furan rings is 1. The van der Waals surface area contributed by atoms with Gasteiger partial charge in [-0.25, -0.2) is 0 Å². The second kappa shape index (κ2) is 13.0. The Kier molecular flexibility index (Phi) is 9.12. The number of fused-ring (bicyclic) bond motifs is 2. The highest BCUT2D eigenvalue weighted by Gasteiger charge is 2.46. The van der Waals surface area contributed by atoms with Crippen molar-refractivity contribution in [1.29, 1.82) is 0 Å². The SMILES string of the molecule is CCC/C=C(/c1cnc2cc([C@](CN3Cc4ccc(OC)cc4C3=O)(NC)C(=O)NC=O)oc2c1)N1CCN(CC)CC1. The number of ether oxygens (including phenoxy) is 1. The van der Waals surface area contributed by atoms with Gasteiger partial charge in [0.05, 0.1) is 13.7 Å². The Hall–Kier alpha value is -4.22. The molecule has 3 amide bonds. The number of amides is 3. The lowest BCUT2D eigenvalue weighted by Gasteiger charge is -2.37. The van der Waals surface area contributed by atoms with E-state index in [1.807, 2.05) is 18.3 Å². The molecule has 5 rings (SSSR count). The van der Waals surface area contributed by atoms with Gasteiger partial charge in [0.15, 0.2) is 11.1 Å². The van der Waals surface area contributed by atoms with Gasteiger partial charge in [-0.15, -0.1) is 0 Å². The Labute approximate surface area is 251 Å². The predicted molar refractivity (Wildman–Crippen MR) is 163 cm³/mol. The Morgan fingerprint density at radius 3 is 2.63 bits per heavy atom. The zero-order valence-electron chi connectivity index (χ0n) is 25.3. The summed E-state index contributed by atoms with van der Waals surface area (Å²) in [5, 5.41) is 5.34. The third kappa shape index (κ3) is 5.87. The number of methoxy groups -OCH3 is 1. The van der Waals surface area contributed by atoms with Gasteiger partial charge in [-0.05, 0) is 43.8 Å². The number of carbonyl (C=O) groups excluding carboxylic acids is 3. The minimum absolute atomic E-state index is 0.0744. The molecule has 1 aromatic carbocycles. The summed E-state index contributed by atoms with van der Waals surface area (Å²) >= 11 is 0. The first kappa shape index (κ1) is 30.2. The molecule has 3 aromatic rings. The van der Waals surface area contributed by atoms with Crippen LogP contribution in [-0.4, -0.2) is 91.3 Å². The van der Waals surface area contributed by atoms with Crippen molar-refractivity contribution in [2.45, 2.75) is 38.8 Å². The first-order valence-electron chi connectivity index (χ1n) is 14.8. The molecule has 1 fully saturated rings. The van der Waals surface area contributed by atoms with Crippen molar-refractivity contribution >= 4 is 35.0 Å². The minimum Gasteiger partial charge on any atom is -0.497 e. The summed E-state index contributed by atoms with van der Waals surface area (Å²) in [6, 6.07) is 9.00. The van der Waals surface area contributed by atoms with E-state index in [-0.39, 0.29) is 18.2 Å². The minimum atomic E-state index is -1.55. The number of aromatic nitrogens is 1. The van der Waals surface area contributed by atoms with E-state index in [0.717, 1.165) is 62.4 Å². The normalized spacial score (nSPS) is 17.2. The molecule has 0 radical (unpaired) electrons. The Bertz CT molecular complexity index is 1530. The van der Waals surface area contributed by atoms with Gasteiger partial charge in [0, 0.05) is 61.8 Å². The standard InChI is InChI=1S/C32H40N6O5/c1-5-7-8-27(37-13-11-36(6-2)12-14-37)23-15-28-26(34-18-23)17-29(43-28)32(33-3,31(41)35-21-39)20-38-19-22-9-10-24(42-4)16-25(22)30(38)40/h8-10,15-18,21,33H,5-7,11-14,19-20H2,1-4H3,(H,35,39,41)/b27-8-/t32-/m0/s1.